The second kappa shape index (κ2) is 7.56. The molecule has 2 aromatic heterocycles. The first-order chi connectivity index (χ1) is 12.4. The van der Waals surface area contributed by atoms with Crippen molar-refractivity contribution in [3.8, 4) is 0 Å². The van der Waals surface area contributed by atoms with Gasteiger partial charge < -0.3 is 5.32 Å². The first-order valence-corrected chi connectivity index (χ1v) is 9.34. The molecular formula is C16H21BrN6O3. The number of hydrogen-bond acceptors (Lipinski definition) is 5. The predicted molar refractivity (Wildman–Crippen MR) is 98.6 cm³/mol. The molecule has 10 heteroatoms. The van der Waals surface area contributed by atoms with Gasteiger partial charge in [-0.05, 0) is 34.7 Å². The Bertz CT molecular complexity index is 905. The molecule has 140 valence electrons. The van der Waals surface area contributed by atoms with E-state index in [1.54, 1.807) is 7.05 Å². The van der Waals surface area contributed by atoms with Gasteiger partial charge in [0.25, 0.3) is 5.56 Å². The van der Waals surface area contributed by atoms with E-state index >= 15 is 0 Å². The number of aryl methyl sites for hydroxylation is 1. The average Bonchev–Trinajstić information content (AvgIpc) is 2.87. The lowest BCUT2D eigenvalue weighted by Gasteiger charge is -2.29. The van der Waals surface area contributed by atoms with Gasteiger partial charge in [0.2, 0.25) is 5.91 Å². The van der Waals surface area contributed by atoms with Gasteiger partial charge in [0, 0.05) is 13.1 Å². The summed E-state index contributed by atoms with van der Waals surface area (Å²) in [6, 6.07) is -0.456. The highest BCUT2D eigenvalue weighted by molar-refractivity contribution is 9.10. The normalized spacial score (nSPS) is 20.1. The molecule has 0 saturated heterocycles. The highest BCUT2D eigenvalue weighted by Gasteiger charge is 2.23. The third-order valence-electron chi connectivity index (χ3n) is 4.76. The van der Waals surface area contributed by atoms with Crippen molar-refractivity contribution in [2.75, 3.05) is 0 Å². The molecule has 2 heterocycles. The van der Waals surface area contributed by atoms with Gasteiger partial charge in [-0.15, -0.1) is 0 Å². The van der Waals surface area contributed by atoms with Crippen LogP contribution < -0.4 is 16.2 Å². The minimum absolute atomic E-state index is 0.0728. The summed E-state index contributed by atoms with van der Waals surface area (Å²) >= 11 is 3.22. The number of imide groups is 1. The summed E-state index contributed by atoms with van der Waals surface area (Å²) in [5.74, 6) is -0.184. The molecule has 0 spiro atoms. The molecule has 1 aliphatic rings. The first-order valence-electron chi connectivity index (χ1n) is 8.55. The highest BCUT2D eigenvalue weighted by atomic mass is 79.9. The largest absolute Gasteiger partial charge is 0.335 e. The summed E-state index contributed by atoms with van der Waals surface area (Å²) in [7, 11) is 1.67. The lowest BCUT2D eigenvalue weighted by atomic mass is 9.86. The van der Waals surface area contributed by atoms with E-state index in [4.69, 9.17) is 0 Å². The van der Waals surface area contributed by atoms with Crippen LogP contribution in [-0.4, -0.2) is 37.3 Å². The second-order valence-corrected chi connectivity index (χ2v) is 7.43. The van der Waals surface area contributed by atoms with Crippen molar-refractivity contribution >= 4 is 38.9 Å². The summed E-state index contributed by atoms with van der Waals surface area (Å²) in [5, 5.41) is 9.51. The molecule has 0 bridgehead atoms. The summed E-state index contributed by atoms with van der Waals surface area (Å²) in [6.45, 7) is 1.80. The lowest BCUT2D eigenvalue weighted by Crippen LogP contribution is -2.48. The molecule has 2 aromatic rings. The number of nitrogens with one attached hydrogen (secondary N) is 2. The second-order valence-electron chi connectivity index (χ2n) is 6.68. The van der Waals surface area contributed by atoms with Crippen LogP contribution in [0.2, 0.25) is 0 Å². The summed E-state index contributed by atoms with van der Waals surface area (Å²) in [6.07, 6.45) is 5.50. The minimum atomic E-state index is -0.575. The van der Waals surface area contributed by atoms with Crippen molar-refractivity contribution in [2.45, 2.75) is 45.2 Å². The van der Waals surface area contributed by atoms with E-state index in [1.807, 2.05) is 0 Å². The van der Waals surface area contributed by atoms with Crippen LogP contribution in [0.4, 0.5) is 4.79 Å². The number of halogens is 1. The van der Waals surface area contributed by atoms with Gasteiger partial charge in [0.15, 0.2) is 5.65 Å². The average molecular weight is 425 g/mol. The Morgan fingerprint density at radius 2 is 2.08 bits per heavy atom. The van der Waals surface area contributed by atoms with Crippen molar-refractivity contribution < 1.29 is 9.59 Å². The minimum Gasteiger partial charge on any atom is -0.335 e. The van der Waals surface area contributed by atoms with Gasteiger partial charge >= 0.3 is 6.03 Å². The number of amides is 3. The van der Waals surface area contributed by atoms with E-state index in [0.717, 1.165) is 23.8 Å². The van der Waals surface area contributed by atoms with Crippen LogP contribution in [0.25, 0.3) is 11.0 Å². The van der Waals surface area contributed by atoms with Gasteiger partial charge in [-0.1, -0.05) is 19.8 Å². The van der Waals surface area contributed by atoms with Gasteiger partial charge in [-0.2, -0.15) is 5.10 Å². The van der Waals surface area contributed by atoms with Gasteiger partial charge in [-0.3, -0.25) is 19.5 Å². The number of aromatic nitrogens is 4. The summed E-state index contributed by atoms with van der Waals surface area (Å²) in [5.41, 5.74) is 0.0222. The molecule has 0 aliphatic heterocycles. The fourth-order valence-corrected chi connectivity index (χ4v) is 3.89. The van der Waals surface area contributed by atoms with Gasteiger partial charge in [0.1, 0.15) is 22.9 Å². The molecule has 0 aromatic carbocycles. The Labute approximate surface area is 158 Å². The van der Waals surface area contributed by atoms with Crippen LogP contribution in [0.1, 0.15) is 32.6 Å². The number of hydrogen-bond donors (Lipinski definition) is 2. The number of carbonyl (C=O) groups is 2. The van der Waals surface area contributed by atoms with Crippen LogP contribution in [0.15, 0.2) is 15.7 Å². The van der Waals surface area contributed by atoms with E-state index in [1.165, 1.54) is 17.4 Å². The van der Waals surface area contributed by atoms with Crippen LogP contribution in [0, 0.1) is 5.92 Å². The standard InChI is InChI=1S/C16H21BrN6O3/c1-9-5-3-4-6-10(9)19-16(26)20-11(24)7-23-8-18-14-12(15(23)25)13(17)21-22(14)2/h8-10H,3-7H2,1-2H3,(H2,19,20,24,26). The smallest absolute Gasteiger partial charge is 0.321 e. The Morgan fingerprint density at radius 1 is 1.35 bits per heavy atom. The van der Waals surface area contributed by atoms with Crippen molar-refractivity contribution in [3.05, 3.63) is 21.3 Å². The molecule has 1 saturated carbocycles. The predicted octanol–water partition coefficient (Wildman–Crippen LogP) is 1.30. The van der Waals surface area contributed by atoms with Crippen LogP contribution in [0.5, 0.6) is 0 Å². The zero-order valence-electron chi connectivity index (χ0n) is 14.7. The Kier molecular flexibility index (Phi) is 5.40. The Balaban J connectivity index is 1.65. The summed E-state index contributed by atoms with van der Waals surface area (Å²) in [4.78, 5) is 40.8. The molecule has 2 N–H and O–H groups in total. The maximum Gasteiger partial charge on any atom is 0.321 e. The first kappa shape index (κ1) is 18.6. The van der Waals surface area contributed by atoms with Crippen molar-refractivity contribution in [3.63, 3.8) is 0 Å². The van der Waals surface area contributed by atoms with Crippen molar-refractivity contribution in [2.24, 2.45) is 13.0 Å². The Hall–Kier alpha value is -2.23. The molecule has 26 heavy (non-hydrogen) atoms. The van der Waals surface area contributed by atoms with E-state index in [-0.39, 0.29) is 12.6 Å². The molecule has 0 radical (unpaired) electrons. The molecule has 1 fully saturated rings. The van der Waals surface area contributed by atoms with E-state index in [2.05, 4.69) is 43.6 Å². The number of nitrogens with zero attached hydrogens (tertiary/aromatic N) is 4. The molecule has 1 aliphatic carbocycles. The zero-order chi connectivity index (χ0) is 18.8. The number of urea groups is 1. The fourth-order valence-electron chi connectivity index (χ4n) is 3.30. The number of carbonyl (C=O) groups excluding carboxylic acids is 2. The monoisotopic (exact) mass is 424 g/mol. The molecule has 2 unspecified atom stereocenters. The van der Waals surface area contributed by atoms with Crippen molar-refractivity contribution in [1.29, 1.82) is 0 Å². The molecule has 3 rings (SSSR count). The fraction of sp³-hybridized carbons (Fsp3) is 0.562. The zero-order valence-corrected chi connectivity index (χ0v) is 16.2. The molecule has 2 atom stereocenters. The number of fused-ring (bicyclic) bond motifs is 1. The van der Waals surface area contributed by atoms with Crippen LogP contribution in [0.3, 0.4) is 0 Å². The topological polar surface area (TPSA) is 111 Å². The third kappa shape index (κ3) is 3.79. The van der Waals surface area contributed by atoms with E-state index in [9.17, 15) is 14.4 Å². The maximum absolute atomic E-state index is 12.5. The molecule has 9 nitrogen and oxygen atoms in total. The quantitative estimate of drug-likeness (QED) is 0.770. The summed E-state index contributed by atoms with van der Waals surface area (Å²) < 4.78 is 3.00. The third-order valence-corrected chi connectivity index (χ3v) is 5.32. The molecular weight excluding hydrogens is 404 g/mol. The van der Waals surface area contributed by atoms with E-state index < -0.39 is 17.5 Å². The Morgan fingerprint density at radius 3 is 2.81 bits per heavy atom. The van der Waals surface area contributed by atoms with Gasteiger partial charge in [0.05, 0.1) is 0 Å². The lowest BCUT2D eigenvalue weighted by molar-refractivity contribution is -0.120. The SMILES string of the molecule is CC1CCCCC1NC(=O)NC(=O)Cn1cnc2c(c(Br)nn2C)c1=O. The maximum atomic E-state index is 12.5. The van der Waals surface area contributed by atoms with E-state index in [0.29, 0.717) is 21.6 Å². The van der Waals surface area contributed by atoms with Crippen molar-refractivity contribution in [1.82, 2.24) is 30.0 Å². The number of rotatable bonds is 3. The molecule has 3 amide bonds. The van der Waals surface area contributed by atoms with Crippen LogP contribution >= 0.6 is 15.9 Å². The van der Waals surface area contributed by atoms with Crippen LogP contribution in [-0.2, 0) is 18.4 Å². The van der Waals surface area contributed by atoms with Gasteiger partial charge in [-0.25, -0.2) is 14.5 Å². The highest BCUT2D eigenvalue weighted by Crippen LogP contribution is 2.23.